The molecule has 0 atom stereocenters. The summed E-state index contributed by atoms with van der Waals surface area (Å²) in [6.45, 7) is 4.20. The van der Waals surface area contributed by atoms with Crippen LogP contribution in [0.2, 0.25) is 0 Å². The van der Waals surface area contributed by atoms with Gasteiger partial charge in [0.2, 0.25) is 5.91 Å². The molecule has 0 bridgehead atoms. The van der Waals surface area contributed by atoms with E-state index in [2.05, 4.69) is 72.8 Å². The second-order valence-corrected chi connectivity index (χ2v) is 13.2. The first-order chi connectivity index (χ1) is 25.9. The van der Waals surface area contributed by atoms with E-state index in [1.54, 1.807) is 11.5 Å². The number of aromatic nitrogens is 6. The molecule has 264 valence electrons. The van der Waals surface area contributed by atoms with E-state index in [1.807, 2.05) is 83.5 Å². The number of unbranched alkanes of at least 4 members (excludes halogenated alkanes) is 1. The van der Waals surface area contributed by atoms with Crippen molar-refractivity contribution in [3.8, 4) is 22.5 Å². The maximum atomic E-state index is 13.7. The van der Waals surface area contributed by atoms with Gasteiger partial charge in [-0.05, 0) is 57.2 Å². The third kappa shape index (κ3) is 6.81. The van der Waals surface area contributed by atoms with E-state index in [0.717, 1.165) is 51.8 Å². The van der Waals surface area contributed by atoms with E-state index in [9.17, 15) is 9.59 Å². The van der Waals surface area contributed by atoms with Crippen LogP contribution in [0.15, 0.2) is 144 Å². The maximum Gasteiger partial charge on any atom is 0.257 e. The van der Waals surface area contributed by atoms with Crippen LogP contribution < -0.4 is 11.3 Å². The Morgan fingerprint density at radius 1 is 0.736 bits per heavy atom. The Kier molecular flexibility index (Phi) is 10.2. The van der Waals surface area contributed by atoms with Crippen LogP contribution in [0.4, 0.5) is 0 Å². The molecule has 1 amide bonds. The van der Waals surface area contributed by atoms with Crippen LogP contribution in [-0.4, -0.2) is 35.7 Å². The van der Waals surface area contributed by atoms with Crippen molar-refractivity contribution in [2.24, 2.45) is 5.73 Å². The SMILES string of the molecule is CCCCc1nc(C)c(CC(N)=O)c(=O)n1Cc1ccc(-c2ccccc2-c2nnnn2C(c2ccccc2)(c2ccccc2)c2ccccc2)cc1. The predicted molar refractivity (Wildman–Crippen MR) is 207 cm³/mol. The van der Waals surface area contributed by atoms with Crippen LogP contribution >= 0.6 is 0 Å². The molecular formula is C44H41N7O2. The Bertz CT molecular complexity index is 2290. The lowest BCUT2D eigenvalue weighted by atomic mass is 9.77. The molecule has 0 radical (unpaired) electrons. The average Bonchev–Trinajstić information content (AvgIpc) is 3.69. The van der Waals surface area contributed by atoms with Gasteiger partial charge in [-0.15, -0.1) is 5.10 Å². The summed E-state index contributed by atoms with van der Waals surface area (Å²) in [5.41, 5.74) is 12.1. The minimum Gasteiger partial charge on any atom is -0.369 e. The van der Waals surface area contributed by atoms with E-state index >= 15 is 0 Å². The van der Waals surface area contributed by atoms with E-state index in [-0.39, 0.29) is 12.0 Å². The largest absolute Gasteiger partial charge is 0.369 e. The Hall–Kier alpha value is -6.48. The zero-order valence-electron chi connectivity index (χ0n) is 29.9. The summed E-state index contributed by atoms with van der Waals surface area (Å²) in [6.07, 6.45) is 2.40. The van der Waals surface area contributed by atoms with Crippen molar-refractivity contribution in [2.75, 3.05) is 0 Å². The lowest BCUT2D eigenvalue weighted by Crippen LogP contribution is -2.39. The molecule has 0 saturated carbocycles. The fraction of sp³-hybridized carbons (Fsp3) is 0.182. The summed E-state index contributed by atoms with van der Waals surface area (Å²) in [4.78, 5) is 30.3. The number of nitrogens with two attached hydrogens (primary N) is 1. The zero-order chi connectivity index (χ0) is 36.8. The first-order valence-electron chi connectivity index (χ1n) is 17.9. The lowest BCUT2D eigenvalue weighted by molar-refractivity contribution is -0.117. The fourth-order valence-corrected chi connectivity index (χ4v) is 7.21. The number of amides is 1. The maximum absolute atomic E-state index is 13.7. The number of hydrogen-bond donors (Lipinski definition) is 1. The minimum absolute atomic E-state index is 0.138. The van der Waals surface area contributed by atoms with Crippen LogP contribution in [0.5, 0.6) is 0 Å². The van der Waals surface area contributed by atoms with Crippen molar-refractivity contribution < 1.29 is 4.79 Å². The number of carbonyl (C=O) groups is 1. The molecule has 0 spiro atoms. The Morgan fingerprint density at radius 2 is 1.28 bits per heavy atom. The zero-order valence-corrected chi connectivity index (χ0v) is 29.9. The molecule has 53 heavy (non-hydrogen) atoms. The van der Waals surface area contributed by atoms with Gasteiger partial charge >= 0.3 is 0 Å². The van der Waals surface area contributed by atoms with Crippen molar-refractivity contribution >= 4 is 5.91 Å². The van der Waals surface area contributed by atoms with Gasteiger partial charge < -0.3 is 5.73 Å². The van der Waals surface area contributed by atoms with Gasteiger partial charge in [-0.25, -0.2) is 9.67 Å². The highest BCUT2D eigenvalue weighted by Crippen LogP contribution is 2.43. The van der Waals surface area contributed by atoms with Gasteiger partial charge in [-0.3, -0.25) is 14.2 Å². The summed E-state index contributed by atoms with van der Waals surface area (Å²) in [5, 5.41) is 13.7. The van der Waals surface area contributed by atoms with Crippen LogP contribution in [0.3, 0.4) is 0 Å². The van der Waals surface area contributed by atoms with Gasteiger partial charge in [0.05, 0.1) is 13.0 Å². The molecule has 2 N–H and O–H groups in total. The number of hydrogen-bond acceptors (Lipinski definition) is 6. The molecule has 7 aromatic rings. The molecule has 7 rings (SSSR count). The number of nitrogens with zero attached hydrogens (tertiary/aromatic N) is 6. The van der Waals surface area contributed by atoms with Crippen LogP contribution in [0, 0.1) is 6.92 Å². The highest BCUT2D eigenvalue weighted by Gasteiger charge is 2.42. The highest BCUT2D eigenvalue weighted by molar-refractivity contribution is 5.81. The van der Waals surface area contributed by atoms with Crippen molar-refractivity contribution in [3.63, 3.8) is 0 Å². The summed E-state index contributed by atoms with van der Waals surface area (Å²) >= 11 is 0. The number of primary amides is 1. The predicted octanol–water partition coefficient (Wildman–Crippen LogP) is 7.13. The highest BCUT2D eigenvalue weighted by atomic mass is 16.1. The Balaban J connectivity index is 1.33. The number of rotatable bonds is 13. The fourth-order valence-electron chi connectivity index (χ4n) is 7.21. The monoisotopic (exact) mass is 699 g/mol. The molecule has 2 aromatic heterocycles. The third-order valence-corrected chi connectivity index (χ3v) is 9.79. The quantitative estimate of drug-likeness (QED) is 0.128. The first-order valence-corrected chi connectivity index (χ1v) is 17.9. The molecule has 9 heteroatoms. The number of carbonyl (C=O) groups excluding carboxylic acids is 1. The molecular weight excluding hydrogens is 659 g/mol. The second-order valence-electron chi connectivity index (χ2n) is 13.2. The number of tetrazole rings is 1. The summed E-state index contributed by atoms with van der Waals surface area (Å²) in [7, 11) is 0. The molecule has 5 aromatic carbocycles. The van der Waals surface area contributed by atoms with Gasteiger partial charge in [0.25, 0.3) is 5.56 Å². The van der Waals surface area contributed by atoms with E-state index < -0.39 is 11.4 Å². The summed E-state index contributed by atoms with van der Waals surface area (Å²) in [5.74, 6) is 0.770. The van der Waals surface area contributed by atoms with Gasteiger partial charge in [-0.2, -0.15) is 0 Å². The number of aryl methyl sites for hydroxylation is 2. The van der Waals surface area contributed by atoms with Crippen molar-refractivity contribution in [2.45, 2.75) is 51.6 Å². The van der Waals surface area contributed by atoms with Crippen molar-refractivity contribution in [3.05, 3.63) is 189 Å². The van der Waals surface area contributed by atoms with E-state index in [1.165, 1.54) is 0 Å². The summed E-state index contributed by atoms with van der Waals surface area (Å²) < 4.78 is 3.63. The Labute approximate surface area is 308 Å². The first kappa shape index (κ1) is 34.9. The molecule has 0 aliphatic rings. The molecule has 0 saturated heterocycles. The third-order valence-electron chi connectivity index (χ3n) is 9.79. The van der Waals surface area contributed by atoms with Crippen LogP contribution in [0.1, 0.15) is 59.1 Å². The van der Waals surface area contributed by atoms with Crippen molar-refractivity contribution in [1.82, 2.24) is 29.8 Å². The molecule has 0 unspecified atom stereocenters. The van der Waals surface area contributed by atoms with Crippen LogP contribution in [-0.2, 0) is 29.7 Å². The topological polar surface area (TPSA) is 122 Å². The standard InChI is InChI=1S/C44H41N7O2/c1-3-4-24-41-46-31(2)39(29-40(45)52)43(53)50(41)30-32-25-27-33(28-26-32)37-22-14-15-23-38(37)42-47-48-49-51(42)44(34-16-8-5-9-17-34,35-18-10-6-11-19-35)36-20-12-7-13-21-36/h5-23,25-28H,3-4,24,29-30H2,1-2H3,(H2,45,52). The second kappa shape index (κ2) is 15.4. The minimum atomic E-state index is -0.891. The van der Waals surface area contributed by atoms with Gasteiger partial charge in [-0.1, -0.05) is 153 Å². The van der Waals surface area contributed by atoms with Gasteiger partial charge in [0.15, 0.2) is 5.82 Å². The van der Waals surface area contributed by atoms with E-state index in [0.29, 0.717) is 35.9 Å². The molecule has 0 fully saturated rings. The smallest absolute Gasteiger partial charge is 0.257 e. The van der Waals surface area contributed by atoms with Gasteiger partial charge in [0.1, 0.15) is 11.4 Å². The van der Waals surface area contributed by atoms with Crippen LogP contribution in [0.25, 0.3) is 22.5 Å². The number of benzene rings is 5. The lowest BCUT2D eigenvalue weighted by Gasteiger charge is -2.36. The summed E-state index contributed by atoms with van der Waals surface area (Å²) in [6, 6.07) is 47.3. The molecule has 0 aliphatic heterocycles. The normalized spacial score (nSPS) is 11.4. The molecule has 9 nitrogen and oxygen atoms in total. The van der Waals surface area contributed by atoms with Crippen molar-refractivity contribution in [1.29, 1.82) is 0 Å². The van der Waals surface area contributed by atoms with E-state index in [4.69, 9.17) is 21.0 Å². The Morgan fingerprint density at radius 3 is 1.83 bits per heavy atom. The average molecular weight is 700 g/mol. The van der Waals surface area contributed by atoms with Gasteiger partial charge in [0, 0.05) is 23.2 Å². The molecule has 0 aliphatic carbocycles. The molecule has 2 heterocycles.